The molecule has 1 aliphatic heterocycles. The van der Waals surface area contributed by atoms with Gasteiger partial charge in [-0.15, -0.1) is 11.3 Å². The number of hydrogen-bond acceptors (Lipinski definition) is 7. The summed E-state index contributed by atoms with van der Waals surface area (Å²) in [5.41, 5.74) is 1.74. The summed E-state index contributed by atoms with van der Waals surface area (Å²) < 4.78 is 33.2. The number of halogens is 2. The first-order chi connectivity index (χ1) is 19.3. The van der Waals surface area contributed by atoms with Gasteiger partial charge in [-0.1, -0.05) is 42.5 Å². The number of thiazole rings is 1. The lowest BCUT2D eigenvalue weighted by molar-refractivity contribution is -0.117. The van der Waals surface area contributed by atoms with E-state index in [-0.39, 0.29) is 27.4 Å². The van der Waals surface area contributed by atoms with Gasteiger partial charge in [0.25, 0.3) is 5.91 Å². The second kappa shape index (κ2) is 9.69. The number of Topliss-reactive ketones (excluding diaryl/α,β-unsaturated/α-hetero) is 1. The number of amides is 1. The van der Waals surface area contributed by atoms with Crippen molar-refractivity contribution in [1.29, 1.82) is 0 Å². The number of anilines is 1. The Morgan fingerprint density at radius 3 is 2.55 bits per heavy atom. The van der Waals surface area contributed by atoms with Gasteiger partial charge in [0, 0.05) is 17.7 Å². The first-order valence-electron chi connectivity index (χ1n) is 12.1. The van der Waals surface area contributed by atoms with Crippen LogP contribution in [0.3, 0.4) is 0 Å². The molecule has 1 atom stereocenters. The van der Waals surface area contributed by atoms with Gasteiger partial charge in [0.15, 0.2) is 17.4 Å². The van der Waals surface area contributed by atoms with Crippen molar-refractivity contribution in [1.82, 2.24) is 15.0 Å². The van der Waals surface area contributed by atoms with Crippen LogP contribution in [-0.2, 0) is 4.79 Å². The van der Waals surface area contributed by atoms with Crippen molar-refractivity contribution in [3.8, 4) is 16.3 Å². The molecule has 0 bridgehead atoms. The molecule has 3 aromatic carbocycles. The van der Waals surface area contributed by atoms with Crippen LogP contribution in [0.4, 0.5) is 14.7 Å². The van der Waals surface area contributed by atoms with E-state index in [0.29, 0.717) is 22.0 Å². The fourth-order valence-electron chi connectivity index (χ4n) is 4.72. The number of aliphatic hydroxyl groups is 1. The van der Waals surface area contributed by atoms with Crippen molar-refractivity contribution in [2.75, 3.05) is 12.0 Å². The maximum absolute atomic E-state index is 14.1. The monoisotopic (exact) mass is 558 g/mol. The summed E-state index contributed by atoms with van der Waals surface area (Å²) in [4.78, 5) is 40.6. The van der Waals surface area contributed by atoms with Crippen LogP contribution in [0, 0.1) is 18.6 Å². The normalized spacial score (nSPS) is 15.3. The number of methoxy groups -OCH3 is 1. The fraction of sp³-hybridized carbons (Fsp3) is 0.103. The van der Waals surface area contributed by atoms with E-state index < -0.39 is 35.1 Å². The third kappa shape index (κ3) is 4.11. The van der Waals surface area contributed by atoms with E-state index >= 15 is 0 Å². The number of nitrogens with zero attached hydrogens (tertiary/aromatic N) is 3. The number of H-pyrrole nitrogens is 1. The number of fused-ring (bicyclic) bond motifs is 1. The number of carbonyl (C=O) groups is 2. The molecular weight excluding hydrogens is 538 g/mol. The van der Waals surface area contributed by atoms with Crippen molar-refractivity contribution < 1.29 is 28.2 Å². The number of aromatic nitrogens is 3. The standard InChI is InChI=1S/C29H20F2N4O4S/c1-14-26(40-27(32-14)15-7-4-3-5-8-15)24(36)22-23(16-9-6-10-17(11-16)39-2)35(28(38)25(22)37)29-33-20-12-18(30)19(31)13-21(20)34-29/h3-13,23,37H,1-2H3,(H,33,34). The minimum absolute atomic E-state index is 0.0659. The van der Waals surface area contributed by atoms with Crippen LogP contribution in [0.25, 0.3) is 21.6 Å². The number of imidazole rings is 1. The number of carbonyl (C=O) groups excluding carboxylic acids is 2. The summed E-state index contributed by atoms with van der Waals surface area (Å²) in [5, 5.41) is 11.7. The Bertz CT molecular complexity index is 1810. The van der Waals surface area contributed by atoms with Gasteiger partial charge < -0.3 is 14.8 Å². The summed E-state index contributed by atoms with van der Waals surface area (Å²) in [6, 6.07) is 16.7. The van der Waals surface area contributed by atoms with Crippen LogP contribution in [-0.4, -0.2) is 38.9 Å². The molecule has 1 unspecified atom stereocenters. The van der Waals surface area contributed by atoms with Gasteiger partial charge in [0.2, 0.25) is 11.7 Å². The number of benzene rings is 3. The third-order valence-electron chi connectivity index (χ3n) is 6.63. The minimum Gasteiger partial charge on any atom is -0.503 e. The van der Waals surface area contributed by atoms with E-state index in [1.54, 1.807) is 31.2 Å². The van der Waals surface area contributed by atoms with Crippen LogP contribution in [0.1, 0.15) is 27.0 Å². The molecule has 0 radical (unpaired) electrons. The van der Waals surface area contributed by atoms with Crippen LogP contribution in [0.2, 0.25) is 0 Å². The number of rotatable bonds is 6. The minimum atomic E-state index is -1.13. The predicted octanol–water partition coefficient (Wildman–Crippen LogP) is 6.06. The number of aromatic amines is 1. The fourth-order valence-corrected chi connectivity index (χ4v) is 5.75. The highest BCUT2D eigenvalue weighted by Crippen LogP contribution is 2.43. The Hall–Kier alpha value is -4.90. The van der Waals surface area contributed by atoms with Crippen molar-refractivity contribution in [3.63, 3.8) is 0 Å². The SMILES string of the molecule is COc1cccc(C2C(C(=O)c3sc(-c4ccccc4)nc3C)=C(O)C(=O)N2c2nc3cc(F)c(F)cc3[nH]2)c1. The molecule has 11 heteroatoms. The molecule has 0 saturated heterocycles. The number of hydrogen-bond donors (Lipinski definition) is 2. The first kappa shape index (κ1) is 25.4. The molecule has 3 heterocycles. The highest BCUT2D eigenvalue weighted by atomic mass is 32.1. The van der Waals surface area contributed by atoms with Gasteiger partial charge in [-0.3, -0.25) is 14.5 Å². The molecule has 0 spiro atoms. The van der Waals surface area contributed by atoms with E-state index in [2.05, 4.69) is 15.0 Å². The lowest BCUT2D eigenvalue weighted by atomic mass is 9.95. The zero-order valence-electron chi connectivity index (χ0n) is 21.1. The van der Waals surface area contributed by atoms with Gasteiger partial charge >= 0.3 is 0 Å². The number of aliphatic hydroxyl groups excluding tert-OH is 1. The first-order valence-corrected chi connectivity index (χ1v) is 12.9. The molecular formula is C29H20F2N4O4S. The molecule has 200 valence electrons. The maximum atomic E-state index is 14.1. The van der Waals surface area contributed by atoms with Gasteiger partial charge in [-0.05, 0) is 24.6 Å². The van der Waals surface area contributed by atoms with Gasteiger partial charge in [0.1, 0.15) is 10.8 Å². The molecule has 1 amide bonds. The Balaban J connectivity index is 1.50. The highest BCUT2D eigenvalue weighted by molar-refractivity contribution is 7.17. The molecule has 1 aliphatic rings. The Labute approximate surface area is 230 Å². The maximum Gasteiger partial charge on any atom is 0.296 e. The Kier molecular flexibility index (Phi) is 6.15. The summed E-state index contributed by atoms with van der Waals surface area (Å²) >= 11 is 1.15. The van der Waals surface area contributed by atoms with E-state index in [4.69, 9.17) is 4.74 Å². The Morgan fingerprint density at radius 1 is 1.05 bits per heavy atom. The molecule has 40 heavy (non-hydrogen) atoms. The van der Waals surface area contributed by atoms with Crippen LogP contribution in [0.5, 0.6) is 5.75 Å². The lowest BCUT2D eigenvalue weighted by Crippen LogP contribution is -2.32. The summed E-state index contributed by atoms with van der Waals surface area (Å²) in [7, 11) is 1.48. The number of nitrogens with one attached hydrogen (secondary N) is 1. The quantitative estimate of drug-likeness (QED) is 0.245. The molecule has 6 rings (SSSR count). The summed E-state index contributed by atoms with van der Waals surface area (Å²) in [5.74, 6) is -4.07. The summed E-state index contributed by atoms with van der Waals surface area (Å²) in [6.45, 7) is 1.69. The molecule has 8 nitrogen and oxygen atoms in total. The zero-order chi connectivity index (χ0) is 28.1. The lowest BCUT2D eigenvalue weighted by Gasteiger charge is -2.24. The molecule has 0 saturated carbocycles. The second-order valence-corrected chi connectivity index (χ2v) is 10.1. The van der Waals surface area contributed by atoms with E-state index in [9.17, 15) is 23.5 Å². The predicted molar refractivity (Wildman–Crippen MR) is 146 cm³/mol. The number of ketones is 1. The van der Waals surface area contributed by atoms with Crippen LogP contribution in [0.15, 0.2) is 78.1 Å². The zero-order valence-corrected chi connectivity index (χ0v) is 21.9. The average molecular weight is 559 g/mol. The van der Waals surface area contributed by atoms with Crippen molar-refractivity contribution in [2.24, 2.45) is 0 Å². The van der Waals surface area contributed by atoms with Crippen molar-refractivity contribution in [2.45, 2.75) is 13.0 Å². The number of ether oxygens (including phenoxy) is 1. The molecule has 0 fully saturated rings. The highest BCUT2D eigenvalue weighted by Gasteiger charge is 2.46. The third-order valence-corrected chi connectivity index (χ3v) is 7.83. The molecule has 2 N–H and O–H groups in total. The van der Waals surface area contributed by atoms with Crippen molar-refractivity contribution in [3.05, 3.63) is 106 Å². The average Bonchev–Trinajstić information content (AvgIpc) is 3.62. The molecule has 2 aromatic heterocycles. The van der Waals surface area contributed by atoms with Crippen molar-refractivity contribution >= 4 is 40.0 Å². The van der Waals surface area contributed by atoms with E-state index in [0.717, 1.165) is 33.9 Å². The molecule has 5 aromatic rings. The van der Waals surface area contributed by atoms with Gasteiger partial charge in [0.05, 0.1) is 40.3 Å². The van der Waals surface area contributed by atoms with Crippen LogP contribution >= 0.6 is 11.3 Å². The Morgan fingerprint density at radius 2 is 1.80 bits per heavy atom. The number of aryl methyl sites for hydroxylation is 1. The van der Waals surface area contributed by atoms with Crippen LogP contribution < -0.4 is 9.64 Å². The summed E-state index contributed by atoms with van der Waals surface area (Å²) in [6.07, 6.45) is 0. The van der Waals surface area contributed by atoms with Gasteiger partial charge in [-0.25, -0.2) is 18.7 Å². The smallest absolute Gasteiger partial charge is 0.296 e. The van der Waals surface area contributed by atoms with E-state index in [1.165, 1.54) is 7.11 Å². The van der Waals surface area contributed by atoms with E-state index in [1.807, 2.05) is 30.3 Å². The topological polar surface area (TPSA) is 108 Å². The largest absolute Gasteiger partial charge is 0.503 e. The second-order valence-electron chi connectivity index (χ2n) is 9.09. The molecule has 0 aliphatic carbocycles. The van der Waals surface area contributed by atoms with Gasteiger partial charge in [-0.2, -0.15) is 0 Å².